The Bertz CT molecular complexity index is 262. The van der Waals surface area contributed by atoms with Gasteiger partial charge in [-0.25, -0.2) is 0 Å². The Kier molecular flexibility index (Phi) is 8.63. The van der Waals surface area contributed by atoms with Crippen LogP contribution in [0.2, 0.25) is 0 Å². The first-order valence-corrected chi connectivity index (χ1v) is 6.78. The largest absolute Gasteiger partial charge is 0.466 e. The van der Waals surface area contributed by atoms with E-state index in [-0.39, 0.29) is 24.6 Å². The van der Waals surface area contributed by atoms with E-state index in [1.54, 1.807) is 6.92 Å². The maximum atomic E-state index is 11.8. The first-order valence-electron chi connectivity index (χ1n) is 6.78. The molecule has 0 fully saturated rings. The van der Waals surface area contributed by atoms with Gasteiger partial charge in [-0.1, -0.05) is 13.8 Å². The number of hydrogen-bond acceptors (Lipinski definition) is 4. The molecule has 4 nitrogen and oxygen atoms in total. The van der Waals surface area contributed by atoms with E-state index in [0.717, 1.165) is 6.54 Å². The Morgan fingerprint density at radius 1 is 1.11 bits per heavy atom. The van der Waals surface area contributed by atoms with Crippen molar-refractivity contribution in [2.75, 3.05) is 19.7 Å². The molecule has 0 bridgehead atoms. The van der Waals surface area contributed by atoms with Gasteiger partial charge in [-0.2, -0.15) is 0 Å². The standard InChI is InChI=1S/C14H27NO3/c1-6-18-14(17)8-7-13(16)10-15(12(4)5)9-11(2)3/h11-12H,6-10H2,1-5H3. The van der Waals surface area contributed by atoms with Gasteiger partial charge in [0.1, 0.15) is 5.78 Å². The molecule has 0 aliphatic heterocycles. The third-order valence-corrected chi connectivity index (χ3v) is 2.62. The quantitative estimate of drug-likeness (QED) is 0.594. The van der Waals surface area contributed by atoms with E-state index >= 15 is 0 Å². The van der Waals surface area contributed by atoms with Crippen LogP contribution in [0.15, 0.2) is 0 Å². The molecule has 0 rings (SSSR count). The van der Waals surface area contributed by atoms with Crippen molar-refractivity contribution in [3.8, 4) is 0 Å². The number of esters is 1. The highest BCUT2D eigenvalue weighted by molar-refractivity contribution is 5.84. The minimum Gasteiger partial charge on any atom is -0.466 e. The Labute approximate surface area is 111 Å². The molecule has 0 unspecified atom stereocenters. The molecule has 0 N–H and O–H groups in total. The van der Waals surface area contributed by atoms with E-state index in [2.05, 4.69) is 32.6 Å². The summed E-state index contributed by atoms with van der Waals surface area (Å²) in [7, 11) is 0. The molecule has 0 radical (unpaired) electrons. The highest BCUT2D eigenvalue weighted by atomic mass is 16.5. The van der Waals surface area contributed by atoms with Gasteiger partial charge >= 0.3 is 5.97 Å². The van der Waals surface area contributed by atoms with Crippen LogP contribution in [0.25, 0.3) is 0 Å². The van der Waals surface area contributed by atoms with Crippen LogP contribution in [0, 0.1) is 5.92 Å². The molecule has 0 heterocycles. The highest BCUT2D eigenvalue weighted by Gasteiger charge is 2.16. The molecule has 0 saturated carbocycles. The minimum atomic E-state index is -0.286. The van der Waals surface area contributed by atoms with Crippen LogP contribution in [0.4, 0.5) is 0 Å². The molecule has 0 aliphatic rings. The molecular weight excluding hydrogens is 230 g/mol. The van der Waals surface area contributed by atoms with Crippen LogP contribution in [0.3, 0.4) is 0 Å². The van der Waals surface area contributed by atoms with E-state index in [0.29, 0.717) is 25.1 Å². The molecule has 0 spiro atoms. The zero-order valence-electron chi connectivity index (χ0n) is 12.4. The Balaban J connectivity index is 4.06. The molecule has 0 saturated heterocycles. The Morgan fingerprint density at radius 2 is 1.72 bits per heavy atom. The summed E-state index contributed by atoms with van der Waals surface area (Å²) < 4.78 is 4.80. The van der Waals surface area contributed by atoms with Gasteiger partial charge < -0.3 is 4.74 Å². The number of carbonyl (C=O) groups is 2. The predicted molar refractivity (Wildman–Crippen MR) is 72.4 cm³/mol. The molecule has 0 aromatic rings. The van der Waals surface area contributed by atoms with Crippen molar-refractivity contribution in [3.05, 3.63) is 0 Å². The summed E-state index contributed by atoms with van der Waals surface area (Å²) in [5.41, 5.74) is 0. The number of Topliss-reactive ketones (excluding diaryl/α,β-unsaturated/α-hetero) is 1. The fourth-order valence-corrected chi connectivity index (χ4v) is 1.71. The number of carbonyl (C=O) groups excluding carboxylic acids is 2. The normalized spacial score (nSPS) is 11.3. The van der Waals surface area contributed by atoms with Crippen molar-refractivity contribution < 1.29 is 14.3 Å². The van der Waals surface area contributed by atoms with Gasteiger partial charge in [0.15, 0.2) is 0 Å². The Hall–Kier alpha value is -0.900. The first-order chi connectivity index (χ1) is 8.36. The lowest BCUT2D eigenvalue weighted by atomic mass is 10.1. The molecule has 0 atom stereocenters. The van der Waals surface area contributed by atoms with Crippen molar-refractivity contribution in [2.24, 2.45) is 5.92 Å². The lowest BCUT2D eigenvalue weighted by molar-refractivity contribution is -0.144. The van der Waals surface area contributed by atoms with Gasteiger partial charge in [0, 0.05) is 19.0 Å². The van der Waals surface area contributed by atoms with Gasteiger partial charge in [0.25, 0.3) is 0 Å². The highest BCUT2D eigenvalue weighted by Crippen LogP contribution is 2.05. The fraction of sp³-hybridized carbons (Fsp3) is 0.857. The molecule has 0 aromatic heterocycles. The number of hydrogen-bond donors (Lipinski definition) is 0. The summed E-state index contributed by atoms with van der Waals surface area (Å²) >= 11 is 0. The lowest BCUT2D eigenvalue weighted by Crippen LogP contribution is -2.38. The smallest absolute Gasteiger partial charge is 0.306 e. The lowest BCUT2D eigenvalue weighted by Gasteiger charge is -2.27. The van der Waals surface area contributed by atoms with Gasteiger partial charge in [-0.15, -0.1) is 0 Å². The third kappa shape index (κ3) is 8.23. The SMILES string of the molecule is CCOC(=O)CCC(=O)CN(CC(C)C)C(C)C. The van der Waals surface area contributed by atoms with Crippen molar-refractivity contribution in [1.29, 1.82) is 0 Å². The number of nitrogens with zero attached hydrogens (tertiary/aromatic N) is 1. The van der Waals surface area contributed by atoms with E-state index in [4.69, 9.17) is 4.74 Å². The zero-order chi connectivity index (χ0) is 14.1. The van der Waals surface area contributed by atoms with E-state index < -0.39 is 0 Å². The van der Waals surface area contributed by atoms with Crippen LogP contribution in [0.5, 0.6) is 0 Å². The van der Waals surface area contributed by atoms with Gasteiger partial charge in [-0.3, -0.25) is 14.5 Å². The maximum absolute atomic E-state index is 11.8. The van der Waals surface area contributed by atoms with Crippen molar-refractivity contribution in [1.82, 2.24) is 4.90 Å². The van der Waals surface area contributed by atoms with Crippen LogP contribution in [0.1, 0.15) is 47.5 Å². The summed E-state index contributed by atoms with van der Waals surface area (Å²) in [5.74, 6) is 0.355. The zero-order valence-corrected chi connectivity index (χ0v) is 12.4. The molecule has 0 amide bonds. The second-order valence-corrected chi connectivity index (χ2v) is 5.26. The molecule has 0 aromatic carbocycles. The summed E-state index contributed by atoms with van der Waals surface area (Å²) in [6.07, 6.45) is 0.473. The van der Waals surface area contributed by atoms with Gasteiger partial charge in [-0.05, 0) is 26.7 Å². The van der Waals surface area contributed by atoms with Crippen LogP contribution in [-0.2, 0) is 14.3 Å². The topological polar surface area (TPSA) is 46.6 Å². The minimum absolute atomic E-state index is 0.109. The predicted octanol–water partition coefficient (Wildman–Crippen LogP) is 2.27. The third-order valence-electron chi connectivity index (χ3n) is 2.62. The second kappa shape index (κ2) is 9.09. The molecule has 0 aliphatic carbocycles. The van der Waals surface area contributed by atoms with Crippen molar-refractivity contribution >= 4 is 11.8 Å². The first kappa shape index (κ1) is 17.1. The van der Waals surface area contributed by atoms with Crippen LogP contribution in [-0.4, -0.2) is 42.4 Å². The van der Waals surface area contributed by atoms with Gasteiger partial charge in [0.2, 0.25) is 0 Å². The fourth-order valence-electron chi connectivity index (χ4n) is 1.71. The number of rotatable bonds is 9. The average Bonchev–Trinajstić information content (AvgIpc) is 2.25. The monoisotopic (exact) mass is 257 g/mol. The van der Waals surface area contributed by atoms with Gasteiger partial charge in [0.05, 0.1) is 19.6 Å². The summed E-state index contributed by atoms with van der Waals surface area (Å²) in [6, 6.07) is 0.346. The number of ketones is 1. The van der Waals surface area contributed by atoms with Crippen molar-refractivity contribution in [2.45, 2.75) is 53.5 Å². The van der Waals surface area contributed by atoms with E-state index in [1.807, 2.05) is 0 Å². The van der Waals surface area contributed by atoms with E-state index in [9.17, 15) is 9.59 Å². The van der Waals surface area contributed by atoms with E-state index in [1.165, 1.54) is 0 Å². The van der Waals surface area contributed by atoms with Crippen LogP contribution < -0.4 is 0 Å². The number of ether oxygens (including phenoxy) is 1. The summed E-state index contributed by atoms with van der Waals surface area (Å²) in [6.45, 7) is 11.9. The van der Waals surface area contributed by atoms with Crippen LogP contribution >= 0.6 is 0 Å². The maximum Gasteiger partial charge on any atom is 0.306 e. The molecule has 4 heteroatoms. The summed E-state index contributed by atoms with van der Waals surface area (Å²) in [5, 5.41) is 0. The molecule has 18 heavy (non-hydrogen) atoms. The second-order valence-electron chi connectivity index (χ2n) is 5.26. The Morgan fingerprint density at radius 3 is 2.17 bits per heavy atom. The summed E-state index contributed by atoms with van der Waals surface area (Å²) in [4.78, 5) is 25.1. The molecular formula is C14H27NO3. The molecule has 106 valence electrons. The average molecular weight is 257 g/mol. The van der Waals surface area contributed by atoms with Crippen molar-refractivity contribution in [3.63, 3.8) is 0 Å².